The highest BCUT2D eigenvalue weighted by atomic mass is 16.3. The minimum absolute atomic E-state index is 0.102. The fourth-order valence-corrected chi connectivity index (χ4v) is 2.69. The number of unbranched alkanes of at least 4 members (excludes halogenated alkanes) is 1. The van der Waals surface area contributed by atoms with Crippen LogP contribution in [0.2, 0.25) is 0 Å². The van der Waals surface area contributed by atoms with Crippen LogP contribution in [0.25, 0.3) is 0 Å². The van der Waals surface area contributed by atoms with E-state index in [0.717, 1.165) is 0 Å². The van der Waals surface area contributed by atoms with Gasteiger partial charge < -0.3 is 21.5 Å². The Balaban J connectivity index is 2.66. The Kier molecular flexibility index (Phi) is 10.0. The molecule has 1 aromatic carbocycles. The van der Waals surface area contributed by atoms with E-state index in [1.54, 1.807) is 12.1 Å². The summed E-state index contributed by atoms with van der Waals surface area (Å²) in [6.07, 6.45) is 1.12. The predicted octanol–water partition coefficient (Wildman–Crippen LogP) is 1.17. The van der Waals surface area contributed by atoms with Crippen molar-refractivity contribution in [3.05, 3.63) is 35.4 Å². The molecule has 0 saturated carbocycles. The lowest BCUT2D eigenvalue weighted by atomic mass is 9.97. The summed E-state index contributed by atoms with van der Waals surface area (Å²) in [5, 5.41) is 14.7. The molecule has 160 valence electrons. The first-order valence-electron chi connectivity index (χ1n) is 9.86. The number of Topliss-reactive ketones (excluding diaryl/α,β-unsaturated/α-hetero) is 1. The zero-order valence-corrected chi connectivity index (χ0v) is 17.2. The molecule has 0 bridgehead atoms. The maximum atomic E-state index is 12.6. The van der Waals surface area contributed by atoms with Crippen LogP contribution in [0.5, 0.6) is 0 Å². The summed E-state index contributed by atoms with van der Waals surface area (Å²) >= 11 is 0. The molecule has 5 N–H and O–H groups in total. The number of aliphatic hydroxyl groups is 1. The number of nitrogens with two attached hydrogens (primary N) is 1. The predicted molar refractivity (Wildman–Crippen MR) is 109 cm³/mol. The van der Waals surface area contributed by atoms with Gasteiger partial charge in [-0.25, -0.2) is 0 Å². The lowest BCUT2D eigenvalue weighted by molar-refractivity contribution is -0.126. The first-order valence-corrected chi connectivity index (χ1v) is 9.86. The Morgan fingerprint density at radius 2 is 1.76 bits per heavy atom. The standard InChI is InChI=1S/C21H31N3O5/c1-4-13(2)18(21(29)23-11-6-5-10-17(26)14(3)25)24-20(28)16-9-7-8-15(12-16)19(22)27/h7-9,12-14,18,25H,4-6,10-11H2,1-3H3,(H2,22,27)(H,23,29)(H,24,28)/t13?,14?,18-/m0/s1. The van der Waals surface area contributed by atoms with Gasteiger partial charge in [-0.3, -0.25) is 19.2 Å². The summed E-state index contributed by atoms with van der Waals surface area (Å²) in [6.45, 7) is 5.59. The molecule has 0 aliphatic heterocycles. The summed E-state index contributed by atoms with van der Waals surface area (Å²) in [6, 6.07) is 5.28. The first-order chi connectivity index (χ1) is 13.7. The van der Waals surface area contributed by atoms with Crippen LogP contribution in [0.15, 0.2) is 24.3 Å². The lowest BCUT2D eigenvalue weighted by Crippen LogP contribution is -2.50. The van der Waals surface area contributed by atoms with Gasteiger partial charge in [0.2, 0.25) is 11.8 Å². The molecule has 8 nitrogen and oxygen atoms in total. The summed E-state index contributed by atoms with van der Waals surface area (Å²) in [4.78, 5) is 47.8. The SMILES string of the molecule is CCC(C)[C@H](NC(=O)c1cccc(C(N)=O)c1)C(=O)NCCCCC(=O)C(C)O. The second kappa shape index (κ2) is 12.0. The van der Waals surface area contributed by atoms with Crippen LogP contribution in [-0.4, -0.2) is 47.3 Å². The number of ketones is 1. The molecule has 0 saturated heterocycles. The highest BCUT2D eigenvalue weighted by molar-refractivity contribution is 6.00. The first kappa shape index (κ1) is 24.3. The molecule has 3 amide bonds. The van der Waals surface area contributed by atoms with E-state index in [1.807, 2.05) is 13.8 Å². The van der Waals surface area contributed by atoms with Crippen molar-refractivity contribution in [3.8, 4) is 0 Å². The molecule has 8 heteroatoms. The molecule has 0 fully saturated rings. The topological polar surface area (TPSA) is 139 Å². The number of nitrogens with one attached hydrogen (secondary N) is 2. The summed E-state index contributed by atoms with van der Waals surface area (Å²) in [5.74, 6) is -1.73. The van der Waals surface area contributed by atoms with Crippen LogP contribution in [0.3, 0.4) is 0 Å². The minimum atomic E-state index is -0.970. The van der Waals surface area contributed by atoms with Gasteiger partial charge in [0.15, 0.2) is 5.78 Å². The van der Waals surface area contributed by atoms with Crippen LogP contribution >= 0.6 is 0 Å². The van der Waals surface area contributed by atoms with Gasteiger partial charge in [-0.15, -0.1) is 0 Å². The molecule has 0 heterocycles. The van der Waals surface area contributed by atoms with Crippen LogP contribution in [0.4, 0.5) is 0 Å². The Bertz CT molecular complexity index is 733. The Hall–Kier alpha value is -2.74. The second-order valence-corrected chi connectivity index (χ2v) is 7.17. The van der Waals surface area contributed by atoms with Crippen molar-refractivity contribution in [1.82, 2.24) is 10.6 Å². The Morgan fingerprint density at radius 1 is 1.10 bits per heavy atom. The lowest BCUT2D eigenvalue weighted by Gasteiger charge is -2.23. The highest BCUT2D eigenvalue weighted by Gasteiger charge is 2.26. The zero-order chi connectivity index (χ0) is 22.0. The van der Waals surface area contributed by atoms with Crippen molar-refractivity contribution in [2.45, 2.75) is 58.6 Å². The van der Waals surface area contributed by atoms with Crippen molar-refractivity contribution in [2.75, 3.05) is 6.54 Å². The van der Waals surface area contributed by atoms with Gasteiger partial charge in [-0.05, 0) is 43.9 Å². The molecule has 0 spiro atoms. The number of aliphatic hydroxyl groups excluding tert-OH is 1. The number of hydrogen-bond acceptors (Lipinski definition) is 5. The summed E-state index contributed by atoms with van der Waals surface area (Å²) in [5.41, 5.74) is 5.71. The molecule has 3 atom stereocenters. The fourth-order valence-electron chi connectivity index (χ4n) is 2.69. The molecular formula is C21H31N3O5. The van der Waals surface area contributed by atoms with Gasteiger partial charge in [0, 0.05) is 24.1 Å². The quantitative estimate of drug-likeness (QED) is 0.387. The second-order valence-electron chi connectivity index (χ2n) is 7.17. The number of carbonyl (C=O) groups excluding carboxylic acids is 4. The molecule has 29 heavy (non-hydrogen) atoms. The third kappa shape index (κ3) is 8.03. The molecule has 2 unspecified atom stereocenters. The minimum Gasteiger partial charge on any atom is -0.386 e. The number of primary amides is 1. The van der Waals surface area contributed by atoms with Crippen molar-refractivity contribution >= 4 is 23.5 Å². The Morgan fingerprint density at radius 3 is 2.34 bits per heavy atom. The van der Waals surface area contributed by atoms with E-state index in [1.165, 1.54) is 19.1 Å². The fraction of sp³-hybridized carbons (Fsp3) is 0.524. The van der Waals surface area contributed by atoms with Gasteiger partial charge in [0.05, 0.1) is 0 Å². The van der Waals surface area contributed by atoms with Gasteiger partial charge in [-0.1, -0.05) is 26.3 Å². The van der Waals surface area contributed by atoms with Crippen LogP contribution < -0.4 is 16.4 Å². The van der Waals surface area contributed by atoms with E-state index >= 15 is 0 Å². The van der Waals surface area contributed by atoms with Gasteiger partial charge >= 0.3 is 0 Å². The van der Waals surface area contributed by atoms with Gasteiger partial charge in [0.1, 0.15) is 12.1 Å². The van der Waals surface area contributed by atoms with Crippen molar-refractivity contribution < 1.29 is 24.3 Å². The average Bonchev–Trinajstić information content (AvgIpc) is 2.70. The number of rotatable bonds is 12. The van der Waals surface area contributed by atoms with E-state index in [0.29, 0.717) is 25.8 Å². The molecule has 0 radical (unpaired) electrons. The van der Waals surface area contributed by atoms with Crippen molar-refractivity contribution in [2.24, 2.45) is 11.7 Å². The van der Waals surface area contributed by atoms with Crippen molar-refractivity contribution in [1.29, 1.82) is 0 Å². The van der Waals surface area contributed by atoms with Crippen LogP contribution in [0, 0.1) is 5.92 Å². The monoisotopic (exact) mass is 405 g/mol. The number of hydrogen-bond donors (Lipinski definition) is 4. The van der Waals surface area contributed by atoms with E-state index in [2.05, 4.69) is 10.6 Å². The van der Waals surface area contributed by atoms with E-state index in [-0.39, 0.29) is 35.2 Å². The summed E-state index contributed by atoms with van der Waals surface area (Å²) < 4.78 is 0. The Labute approximate surface area is 171 Å². The smallest absolute Gasteiger partial charge is 0.251 e. The van der Waals surface area contributed by atoms with E-state index in [4.69, 9.17) is 10.8 Å². The molecule has 0 aromatic heterocycles. The molecule has 1 aromatic rings. The maximum Gasteiger partial charge on any atom is 0.251 e. The van der Waals surface area contributed by atoms with Crippen LogP contribution in [0.1, 0.15) is 67.2 Å². The molecule has 1 rings (SSSR count). The average molecular weight is 405 g/mol. The number of carbonyl (C=O) groups is 4. The number of amides is 3. The van der Waals surface area contributed by atoms with Gasteiger partial charge in [0.25, 0.3) is 5.91 Å². The number of benzene rings is 1. The highest BCUT2D eigenvalue weighted by Crippen LogP contribution is 2.11. The maximum absolute atomic E-state index is 12.6. The molecular weight excluding hydrogens is 374 g/mol. The third-order valence-electron chi connectivity index (χ3n) is 4.81. The van der Waals surface area contributed by atoms with E-state index < -0.39 is 24.0 Å². The molecule has 0 aliphatic rings. The third-order valence-corrected chi connectivity index (χ3v) is 4.81. The largest absolute Gasteiger partial charge is 0.386 e. The van der Waals surface area contributed by atoms with E-state index in [9.17, 15) is 19.2 Å². The van der Waals surface area contributed by atoms with Crippen LogP contribution in [-0.2, 0) is 9.59 Å². The zero-order valence-electron chi connectivity index (χ0n) is 17.2. The van der Waals surface area contributed by atoms with Crippen molar-refractivity contribution in [3.63, 3.8) is 0 Å². The normalized spacial score (nSPS) is 13.8. The van der Waals surface area contributed by atoms with Gasteiger partial charge in [-0.2, -0.15) is 0 Å². The summed E-state index contributed by atoms with van der Waals surface area (Å²) in [7, 11) is 0. The molecule has 0 aliphatic carbocycles.